The lowest BCUT2D eigenvalue weighted by molar-refractivity contribution is -0.140. The standard InChI is InChI=1S/C14H16ClFN2O2/c1-3-8(2)18-13(19)7-12(14(18)20)17-11-5-9(15)4-10(16)6-11/h4-6,8,12,17H,3,7H2,1-2H3. The summed E-state index contributed by atoms with van der Waals surface area (Å²) in [4.78, 5) is 25.4. The fraction of sp³-hybridized carbons (Fsp3) is 0.429. The average Bonchev–Trinajstić information content (AvgIpc) is 2.62. The molecule has 1 heterocycles. The summed E-state index contributed by atoms with van der Waals surface area (Å²) < 4.78 is 13.2. The Morgan fingerprint density at radius 1 is 1.45 bits per heavy atom. The van der Waals surface area contributed by atoms with E-state index in [1.54, 1.807) is 0 Å². The van der Waals surface area contributed by atoms with Crippen LogP contribution in [0.3, 0.4) is 0 Å². The predicted molar refractivity (Wildman–Crippen MR) is 75.0 cm³/mol. The van der Waals surface area contributed by atoms with Gasteiger partial charge in [-0.15, -0.1) is 0 Å². The summed E-state index contributed by atoms with van der Waals surface area (Å²) in [6.07, 6.45) is 0.785. The van der Waals surface area contributed by atoms with Gasteiger partial charge in [0.1, 0.15) is 11.9 Å². The van der Waals surface area contributed by atoms with Crippen LogP contribution in [0, 0.1) is 5.82 Å². The first-order valence-electron chi connectivity index (χ1n) is 6.51. The molecule has 20 heavy (non-hydrogen) atoms. The molecule has 1 aliphatic rings. The second kappa shape index (κ2) is 5.79. The fourth-order valence-corrected chi connectivity index (χ4v) is 2.47. The number of imide groups is 1. The van der Waals surface area contributed by atoms with E-state index in [0.717, 1.165) is 0 Å². The highest BCUT2D eigenvalue weighted by Gasteiger charge is 2.40. The van der Waals surface area contributed by atoms with Crippen LogP contribution in [0.25, 0.3) is 0 Å². The van der Waals surface area contributed by atoms with E-state index in [-0.39, 0.29) is 29.3 Å². The molecular weight excluding hydrogens is 283 g/mol. The molecule has 1 aromatic rings. The summed E-state index contributed by atoms with van der Waals surface area (Å²) in [5.74, 6) is -0.968. The van der Waals surface area contributed by atoms with Crippen molar-refractivity contribution in [2.75, 3.05) is 5.32 Å². The van der Waals surface area contributed by atoms with Crippen molar-refractivity contribution in [1.82, 2.24) is 4.90 Å². The summed E-state index contributed by atoms with van der Waals surface area (Å²) in [5, 5.41) is 3.11. The maximum atomic E-state index is 13.2. The molecular formula is C14H16ClFN2O2. The summed E-state index contributed by atoms with van der Waals surface area (Å²) in [7, 11) is 0. The Hall–Kier alpha value is -1.62. The molecule has 0 spiro atoms. The van der Waals surface area contributed by atoms with Crippen molar-refractivity contribution in [3.8, 4) is 0 Å². The van der Waals surface area contributed by atoms with Crippen molar-refractivity contribution >= 4 is 29.1 Å². The molecule has 1 N–H and O–H groups in total. The van der Waals surface area contributed by atoms with Gasteiger partial charge in [0.2, 0.25) is 5.91 Å². The molecule has 1 fully saturated rings. The van der Waals surface area contributed by atoms with E-state index in [2.05, 4.69) is 5.32 Å². The number of halogens is 2. The van der Waals surface area contributed by atoms with Gasteiger partial charge in [-0.1, -0.05) is 18.5 Å². The zero-order valence-electron chi connectivity index (χ0n) is 11.3. The Labute approximate surface area is 121 Å². The fourth-order valence-electron chi connectivity index (χ4n) is 2.25. The Morgan fingerprint density at radius 2 is 2.15 bits per heavy atom. The molecule has 2 rings (SSSR count). The predicted octanol–water partition coefficient (Wildman–Crippen LogP) is 2.82. The van der Waals surface area contributed by atoms with E-state index in [1.807, 2.05) is 13.8 Å². The lowest BCUT2D eigenvalue weighted by Crippen LogP contribution is -2.40. The maximum absolute atomic E-state index is 13.2. The highest BCUT2D eigenvalue weighted by atomic mass is 35.5. The Morgan fingerprint density at radius 3 is 2.75 bits per heavy atom. The molecule has 1 aliphatic heterocycles. The van der Waals surface area contributed by atoms with Gasteiger partial charge in [0.15, 0.2) is 0 Å². The summed E-state index contributed by atoms with van der Waals surface area (Å²) in [6.45, 7) is 3.75. The number of hydrogen-bond donors (Lipinski definition) is 1. The number of rotatable bonds is 4. The van der Waals surface area contributed by atoms with Crippen LogP contribution in [0.2, 0.25) is 5.02 Å². The highest BCUT2D eigenvalue weighted by molar-refractivity contribution is 6.30. The van der Waals surface area contributed by atoms with Gasteiger partial charge in [-0.25, -0.2) is 4.39 Å². The third-order valence-electron chi connectivity index (χ3n) is 3.42. The molecule has 1 aromatic carbocycles. The number of carbonyl (C=O) groups is 2. The van der Waals surface area contributed by atoms with Crippen molar-refractivity contribution in [2.45, 2.75) is 38.8 Å². The van der Waals surface area contributed by atoms with Crippen LogP contribution in [0.4, 0.5) is 10.1 Å². The summed E-state index contributed by atoms with van der Waals surface area (Å²) >= 11 is 5.76. The number of nitrogens with one attached hydrogen (secondary N) is 1. The second-order valence-corrected chi connectivity index (χ2v) is 5.35. The molecule has 6 heteroatoms. The third kappa shape index (κ3) is 2.93. The van der Waals surface area contributed by atoms with Crippen LogP contribution in [0.1, 0.15) is 26.7 Å². The number of likely N-dealkylation sites (tertiary alicyclic amines) is 1. The minimum atomic E-state index is -0.658. The molecule has 2 atom stereocenters. The zero-order valence-corrected chi connectivity index (χ0v) is 12.1. The summed E-state index contributed by atoms with van der Waals surface area (Å²) in [5.41, 5.74) is 0.396. The molecule has 108 valence electrons. The van der Waals surface area contributed by atoms with Crippen molar-refractivity contribution in [1.29, 1.82) is 0 Å². The van der Waals surface area contributed by atoms with Crippen molar-refractivity contribution in [3.05, 3.63) is 29.0 Å². The molecule has 1 saturated heterocycles. The first-order valence-corrected chi connectivity index (χ1v) is 6.88. The Kier molecular flexibility index (Phi) is 4.28. The van der Waals surface area contributed by atoms with Crippen LogP contribution >= 0.6 is 11.6 Å². The molecule has 0 radical (unpaired) electrons. The number of carbonyl (C=O) groups excluding carboxylic acids is 2. The molecule has 2 amide bonds. The molecule has 0 aliphatic carbocycles. The van der Waals surface area contributed by atoms with E-state index in [9.17, 15) is 14.0 Å². The van der Waals surface area contributed by atoms with Gasteiger partial charge in [-0.2, -0.15) is 0 Å². The van der Waals surface area contributed by atoms with E-state index in [0.29, 0.717) is 12.1 Å². The van der Waals surface area contributed by atoms with Crippen LogP contribution in [-0.4, -0.2) is 28.8 Å². The SMILES string of the molecule is CCC(C)N1C(=O)CC(Nc2cc(F)cc(Cl)c2)C1=O. The lowest BCUT2D eigenvalue weighted by atomic mass is 10.2. The normalized spacial score (nSPS) is 20.4. The van der Waals surface area contributed by atoms with Crippen molar-refractivity contribution in [3.63, 3.8) is 0 Å². The van der Waals surface area contributed by atoms with Gasteiger partial charge >= 0.3 is 0 Å². The van der Waals surface area contributed by atoms with Crippen molar-refractivity contribution in [2.24, 2.45) is 0 Å². The van der Waals surface area contributed by atoms with E-state index in [1.165, 1.54) is 23.1 Å². The first-order chi connectivity index (χ1) is 9.42. The van der Waals surface area contributed by atoms with Crippen LogP contribution in [0.15, 0.2) is 18.2 Å². The smallest absolute Gasteiger partial charge is 0.252 e. The molecule has 0 saturated carbocycles. The maximum Gasteiger partial charge on any atom is 0.252 e. The average molecular weight is 299 g/mol. The molecule has 2 unspecified atom stereocenters. The highest BCUT2D eigenvalue weighted by Crippen LogP contribution is 2.24. The number of nitrogens with zero attached hydrogens (tertiary/aromatic N) is 1. The van der Waals surface area contributed by atoms with Gasteiger partial charge in [0, 0.05) is 16.8 Å². The molecule has 0 aromatic heterocycles. The third-order valence-corrected chi connectivity index (χ3v) is 3.64. The number of benzene rings is 1. The van der Waals surface area contributed by atoms with E-state index >= 15 is 0 Å². The zero-order chi connectivity index (χ0) is 14.9. The first kappa shape index (κ1) is 14.8. The Bertz CT molecular complexity index is 530. The lowest BCUT2D eigenvalue weighted by Gasteiger charge is -2.21. The van der Waals surface area contributed by atoms with Crippen LogP contribution in [-0.2, 0) is 9.59 Å². The monoisotopic (exact) mass is 298 g/mol. The molecule has 0 bridgehead atoms. The van der Waals surface area contributed by atoms with Gasteiger partial charge in [0.05, 0.1) is 6.42 Å². The van der Waals surface area contributed by atoms with Crippen LogP contribution in [0.5, 0.6) is 0 Å². The number of hydrogen-bond acceptors (Lipinski definition) is 3. The number of anilines is 1. The van der Waals surface area contributed by atoms with Gasteiger partial charge in [-0.05, 0) is 31.5 Å². The van der Waals surface area contributed by atoms with Crippen LogP contribution < -0.4 is 5.32 Å². The number of amides is 2. The minimum absolute atomic E-state index is 0.0807. The Balaban J connectivity index is 2.15. The summed E-state index contributed by atoms with van der Waals surface area (Å²) in [6, 6.07) is 3.16. The van der Waals surface area contributed by atoms with Gasteiger partial charge < -0.3 is 5.32 Å². The van der Waals surface area contributed by atoms with Crippen molar-refractivity contribution < 1.29 is 14.0 Å². The van der Waals surface area contributed by atoms with E-state index in [4.69, 9.17) is 11.6 Å². The van der Waals surface area contributed by atoms with Gasteiger partial charge in [-0.3, -0.25) is 14.5 Å². The topological polar surface area (TPSA) is 49.4 Å². The molecule has 4 nitrogen and oxygen atoms in total. The van der Waals surface area contributed by atoms with E-state index < -0.39 is 11.9 Å². The largest absolute Gasteiger partial charge is 0.373 e. The minimum Gasteiger partial charge on any atom is -0.373 e. The second-order valence-electron chi connectivity index (χ2n) is 4.92. The van der Waals surface area contributed by atoms with Gasteiger partial charge in [0.25, 0.3) is 5.91 Å². The quantitative estimate of drug-likeness (QED) is 0.870.